The number of carbonyl (C=O) groups excluding carboxylic acids is 3. The molecule has 1 fully saturated rings. The molecule has 0 saturated carbocycles. The van der Waals surface area contributed by atoms with Gasteiger partial charge in [-0.2, -0.15) is 0 Å². The summed E-state index contributed by atoms with van der Waals surface area (Å²) in [6.45, 7) is 3.93. The summed E-state index contributed by atoms with van der Waals surface area (Å²) in [6.07, 6.45) is 2.81. The number of amides is 3. The standard InChI is InChI=1S/C25H28N4O3/c30-23-6-5-22(24(31)28-23)29-15-20-4-2-17(12-21(20)25(29)32)14-27-13-16-1-3-18-7-9-26-10-8-19(18)11-16/h1-4,11-12,22,26-27H,5-10,13-15H2,(H,28,30,31). The quantitative estimate of drug-likeness (QED) is 0.622. The van der Waals surface area contributed by atoms with E-state index >= 15 is 0 Å². The van der Waals surface area contributed by atoms with Crippen molar-refractivity contribution in [3.63, 3.8) is 0 Å². The zero-order chi connectivity index (χ0) is 22.1. The summed E-state index contributed by atoms with van der Waals surface area (Å²) in [5, 5.41) is 9.28. The molecule has 3 aliphatic heterocycles. The third-order valence-electron chi connectivity index (χ3n) is 6.66. The van der Waals surface area contributed by atoms with Crippen molar-refractivity contribution in [1.82, 2.24) is 20.9 Å². The van der Waals surface area contributed by atoms with Crippen molar-refractivity contribution >= 4 is 17.7 Å². The predicted octanol–water partition coefficient (Wildman–Crippen LogP) is 1.43. The third kappa shape index (κ3) is 4.18. The molecular weight excluding hydrogens is 404 g/mol. The summed E-state index contributed by atoms with van der Waals surface area (Å²) < 4.78 is 0. The molecule has 166 valence electrons. The monoisotopic (exact) mass is 432 g/mol. The van der Waals surface area contributed by atoms with Gasteiger partial charge in [-0.05, 0) is 66.2 Å². The molecule has 2 aromatic rings. The van der Waals surface area contributed by atoms with E-state index in [0.717, 1.165) is 43.6 Å². The number of rotatable bonds is 5. The van der Waals surface area contributed by atoms with Crippen LogP contribution in [0.25, 0.3) is 0 Å². The molecule has 0 aromatic heterocycles. The minimum Gasteiger partial charge on any atom is -0.322 e. The predicted molar refractivity (Wildman–Crippen MR) is 120 cm³/mol. The minimum atomic E-state index is -0.572. The van der Waals surface area contributed by atoms with Crippen LogP contribution in [0.1, 0.15) is 51.0 Å². The van der Waals surface area contributed by atoms with E-state index < -0.39 is 6.04 Å². The highest BCUT2D eigenvalue weighted by atomic mass is 16.2. The molecule has 0 radical (unpaired) electrons. The lowest BCUT2D eigenvalue weighted by Gasteiger charge is -2.29. The summed E-state index contributed by atoms with van der Waals surface area (Å²) >= 11 is 0. The molecule has 32 heavy (non-hydrogen) atoms. The van der Waals surface area contributed by atoms with Gasteiger partial charge in [0.05, 0.1) is 0 Å². The Morgan fingerprint density at radius 3 is 2.38 bits per heavy atom. The lowest BCUT2D eigenvalue weighted by Crippen LogP contribution is -2.52. The number of nitrogens with zero attached hydrogens (tertiary/aromatic N) is 1. The van der Waals surface area contributed by atoms with Gasteiger partial charge in [0.25, 0.3) is 5.91 Å². The summed E-state index contributed by atoms with van der Waals surface area (Å²) in [5.41, 5.74) is 6.78. The van der Waals surface area contributed by atoms with E-state index in [4.69, 9.17) is 0 Å². The van der Waals surface area contributed by atoms with Crippen LogP contribution in [0.3, 0.4) is 0 Å². The fourth-order valence-electron chi connectivity index (χ4n) is 4.90. The lowest BCUT2D eigenvalue weighted by molar-refractivity contribution is -0.136. The highest BCUT2D eigenvalue weighted by Gasteiger charge is 2.39. The molecule has 0 spiro atoms. The molecule has 1 saturated heterocycles. The van der Waals surface area contributed by atoms with Crippen molar-refractivity contribution in [3.05, 3.63) is 69.8 Å². The topological polar surface area (TPSA) is 90.5 Å². The van der Waals surface area contributed by atoms with E-state index in [1.54, 1.807) is 4.90 Å². The largest absolute Gasteiger partial charge is 0.322 e. The summed E-state index contributed by atoms with van der Waals surface area (Å²) in [5.74, 6) is -0.772. The van der Waals surface area contributed by atoms with Crippen LogP contribution in [0, 0.1) is 0 Å². The van der Waals surface area contributed by atoms with Crippen molar-refractivity contribution in [2.24, 2.45) is 0 Å². The molecule has 7 nitrogen and oxygen atoms in total. The Kier molecular flexibility index (Phi) is 5.76. The van der Waals surface area contributed by atoms with Gasteiger partial charge in [-0.25, -0.2) is 0 Å². The maximum atomic E-state index is 13.0. The molecule has 1 unspecified atom stereocenters. The first-order valence-corrected chi connectivity index (χ1v) is 11.4. The molecule has 0 bridgehead atoms. The summed E-state index contributed by atoms with van der Waals surface area (Å²) in [6, 6.07) is 12.1. The van der Waals surface area contributed by atoms with Crippen LogP contribution in [-0.4, -0.2) is 41.8 Å². The minimum absolute atomic E-state index is 0.129. The van der Waals surface area contributed by atoms with Gasteiger partial charge in [-0.3, -0.25) is 19.7 Å². The number of carbonyl (C=O) groups is 3. The maximum absolute atomic E-state index is 13.0. The van der Waals surface area contributed by atoms with Gasteiger partial charge in [-0.1, -0.05) is 30.3 Å². The Labute approximate surface area is 187 Å². The van der Waals surface area contributed by atoms with Gasteiger partial charge in [0, 0.05) is 31.6 Å². The Morgan fingerprint density at radius 2 is 1.59 bits per heavy atom. The maximum Gasteiger partial charge on any atom is 0.255 e. The molecular formula is C25H28N4O3. The Bertz CT molecular complexity index is 1080. The first kappa shape index (κ1) is 20.8. The average Bonchev–Trinajstić information content (AvgIpc) is 2.95. The van der Waals surface area contributed by atoms with E-state index in [9.17, 15) is 14.4 Å². The van der Waals surface area contributed by atoms with Crippen LogP contribution < -0.4 is 16.0 Å². The van der Waals surface area contributed by atoms with Crippen LogP contribution in [-0.2, 0) is 42.1 Å². The normalized spacial score (nSPS) is 20.6. The Morgan fingerprint density at radius 1 is 0.875 bits per heavy atom. The summed E-state index contributed by atoms with van der Waals surface area (Å²) in [7, 11) is 0. The van der Waals surface area contributed by atoms with Crippen molar-refractivity contribution in [2.45, 2.75) is 51.4 Å². The van der Waals surface area contributed by atoms with Gasteiger partial charge < -0.3 is 15.5 Å². The molecule has 3 heterocycles. The second-order valence-corrected chi connectivity index (χ2v) is 8.85. The Balaban J connectivity index is 1.21. The van der Waals surface area contributed by atoms with Gasteiger partial charge >= 0.3 is 0 Å². The number of hydrogen-bond donors (Lipinski definition) is 3. The first-order chi connectivity index (χ1) is 15.6. The smallest absolute Gasteiger partial charge is 0.255 e. The highest BCUT2D eigenvalue weighted by molar-refractivity contribution is 6.05. The number of hydrogen-bond acceptors (Lipinski definition) is 5. The van der Waals surface area contributed by atoms with E-state index in [1.807, 2.05) is 18.2 Å². The van der Waals surface area contributed by atoms with Crippen LogP contribution in [0.5, 0.6) is 0 Å². The molecule has 1 atom stereocenters. The fourth-order valence-corrected chi connectivity index (χ4v) is 4.90. The van der Waals surface area contributed by atoms with Gasteiger partial charge in [-0.15, -0.1) is 0 Å². The number of imide groups is 1. The van der Waals surface area contributed by atoms with Crippen LogP contribution >= 0.6 is 0 Å². The summed E-state index contributed by atoms with van der Waals surface area (Å²) in [4.78, 5) is 38.2. The second-order valence-electron chi connectivity index (χ2n) is 8.85. The van der Waals surface area contributed by atoms with Gasteiger partial charge in [0.15, 0.2) is 0 Å². The highest BCUT2D eigenvalue weighted by Crippen LogP contribution is 2.28. The lowest BCUT2D eigenvalue weighted by atomic mass is 10.00. The number of fused-ring (bicyclic) bond motifs is 2. The fraction of sp³-hybridized carbons (Fsp3) is 0.400. The van der Waals surface area contributed by atoms with Gasteiger partial charge in [0.2, 0.25) is 11.8 Å². The third-order valence-corrected chi connectivity index (χ3v) is 6.66. The van der Waals surface area contributed by atoms with E-state index in [0.29, 0.717) is 25.1 Å². The number of piperidine rings is 1. The molecule has 5 rings (SSSR count). The van der Waals surface area contributed by atoms with Crippen molar-refractivity contribution < 1.29 is 14.4 Å². The molecule has 7 heteroatoms. The van der Waals surface area contributed by atoms with Crippen LogP contribution in [0.4, 0.5) is 0 Å². The average molecular weight is 433 g/mol. The zero-order valence-electron chi connectivity index (χ0n) is 18.1. The zero-order valence-corrected chi connectivity index (χ0v) is 18.1. The van der Waals surface area contributed by atoms with Crippen molar-refractivity contribution in [3.8, 4) is 0 Å². The molecule has 3 amide bonds. The molecule has 2 aromatic carbocycles. The van der Waals surface area contributed by atoms with Crippen LogP contribution in [0.15, 0.2) is 36.4 Å². The van der Waals surface area contributed by atoms with E-state index in [1.165, 1.54) is 16.7 Å². The van der Waals surface area contributed by atoms with Gasteiger partial charge in [0.1, 0.15) is 6.04 Å². The first-order valence-electron chi connectivity index (χ1n) is 11.4. The molecule has 0 aliphatic carbocycles. The molecule has 3 aliphatic rings. The number of nitrogens with one attached hydrogen (secondary N) is 3. The molecule has 3 N–H and O–H groups in total. The SMILES string of the molecule is O=C1CCC(N2Cc3ccc(CNCc4ccc5c(c4)CCNCC5)cc3C2=O)C(=O)N1. The Hall–Kier alpha value is -3.03. The van der Waals surface area contributed by atoms with E-state index in [2.05, 4.69) is 34.1 Å². The van der Waals surface area contributed by atoms with Crippen molar-refractivity contribution in [2.75, 3.05) is 13.1 Å². The number of benzene rings is 2. The van der Waals surface area contributed by atoms with Crippen LogP contribution in [0.2, 0.25) is 0 Å². The van der Waals surface area contributed by atoms with E-state index in [-0.39, 0.29) is 24.1 Å². The van der Waals surface area contributed by atoms with Crippen molar-refractivity contribution in [1.29, 1.82) is 0 Å². The second kappa shape index (κ2) is 8.84.